The predicted octanol–water partition coefficient (Wildman–Crippen LogP) is 4.34. The number of benzene rings is 2. The summed E-state index contributed by atoms with van der Waals surface area (Å²) in [5.41, 5.74) is 1.50. The first-order valence-electron chi connectivity index (χ1n) is 10.7. The number of hydrogen-bond donors (Lipinski definition) is 0. The number of amides is 1. The van der Waals surface area contributed by atoms with Crippen molar-refractivity contribution in [3.05, 3.63) is 69.0 Å². The summed E-state index contributed by atoms with van der Waals surface area (Å²) in [6, 6.07) is 12.5. The van der Waals surface area contributed by atoms with Gasteiger partial charge in [0.05, 0.1) is 28.5 Å². The van der Waals surface area contributed by atoms with Crippen molar-refractivity contribution in [1.82, 2.24) is 9.88 Å². The molecule has 0 radical (unpaired) electrons. The molecule has 1 saturated heterocycles. The second-order valence-corrected chi connectivity index (χ2v) is 9.32. The maximum absolute atomic E-state index is 13.7. The number of para-hydroxylation sites is 1. The Morgan fingerprint density at radius 1 is 1.21 bits per heavy atom. The molecule has 0 N–H and O–H groups in total. The van der Waals surface area contributed by atoms with Crippen LogP contribution in [0.25, 0.3) is 21.2 Å². The topological polar surface area (TPSA) is 75.9 Å². The number of anilines is 1. The molecule has 0 aliphatic carbocycles. The number of ether oxygens (including phenoxy) is 1. The molecule has 1 aliphatic heterocycles. The van der Waals surface area contributed by atoms with Gasteiger partial charge < -0.3 is 9.15 Å². The van der Waals surface area contributed by atoms with Crippen molar-refractivity contribution in [3.8, 4) is 0 Å². The van der Waals surface area contributed by atoms with Crippen molar-refractivity contribution in [3.63, 3.8) is 0 Å². The molecule has 2 aromatic heterocycles. The SMILES string of the molecule is Cc1ccc(Cl)c2sc(N(CCN3CCOCC3)C(=O)c3cc4ccccc4oc3=O)nc12. The molecule has 0 saturated carbocycles. The zero-order chi connectivity index (χ0) is 22.9. The van der Waals surface area contributed by atoms with Gasteiger partial charge >= 0.3 is 5.63 Å². The molecule has 1 fully saturated rings. The normalized spacial score (nSPS) is 14.7. The average molecular weight is 484 g/mol. The second kappa shape index (κ2) is 9.23. The Bertz CT molecular complexity index is 1350. The van der Waals surface area contributed by atoms with E-state index in [-0.39, 0.29) is 5.56 Å². The summed E-state index contributed by atoms with van der Waals surface area (Å²) in [6.07, 6.45) is 0. The van der Waals surface area contributed by atoms with E-state index in [4.69, 9.17) is 25.7 Å². The van der Waals surface area contributed by atoms with Gasteiger partial charge in [-0.25, -0.2) is 9.78 Å². The van der Waals surface area contributed by atoms with Crippen LogP contribution < -0.4 is 10.5 Å². The van der Waals surface area contributed by atoms with E-state index in [0.717, 1.165) is 28.9 Å². The van der Waals surface area contributed by atoms with Crippen molar-refractivity contribution in [2.45, 2.75) is 6.92 Å². The first-order chi connectivity index (χ1) is 16.0. The summed E-state index contributed by atoms with van der Waals surface area (Å²) in [7, 11) is 0. The fourth-order valence-corrected chi connectivity index (χ4v) is 5.25. The first kappa shape index (κ1) is 22.0. The van der Waals surface area contributed by atoms with Gasteiger partial charge in [-0.1, -0.05) is 47.2 Å². The number of carbonyl (C=O) groups excluding carboxylic acids is 1. The van der Waals surface area contributed by atoms with Crippen LogP contribution in [0.1, 0.15) is 15.9 Å². The Morgan fingerprint density at radius 3 is 2.79 bits per heavy atom. The van der Waals surface area contributed by atoms with Crippen LogP contribution in [-0.2, 0) is 4.74 Å². The number of morpholine rings is 1. The van der Waals surface area contributed by atoms with Gasteiger partial charge in [-0.05, 0) is 30.7 Å². The largest absolute Gasteiger partial charge is 0.422 e. The van der Waals surface area contributed by atoms with E-state index in [9.17, 15) is 9.59 Å². The van der Waals surface area contributed by atoms with Crippen LogP contribution in [0.15, 0.2) is 51.7 Å². The minimum Gasteiger partial charge on any atom is -0.422 e. The molecule has 33 heavy (non-hydrogen) atoms. The molecule has 170 valence electrons. The third kappa shape index (κ3) is 4.39. The van der Waals surface area contributed by atoms with Crippen molar-refractivity contribution < 1.29 is 13.9 Å². The number of aryl methyl sites for hydroxylation is 1. The summed E-state index contributed by atoms with van der Waals surface area (Å²) < 4.78 is 11.7. The van der Waals surface area contributed by atoms with Crippen molar-refractivity contribution in [1.29, 1.82) is 0 Å². The van der Waals surface area contributed by atoms with Crippen molar-refractivity contribution >= 4 is 55.2 Å². The lowest BCUT2D eigenvalue weighted by Crippen LogP contribution is -2.44. The molecular weight excluding hydrogens is 462 g/mol. The quantitative estimate of drug-likeness (QED) is 0.393. The molecule has 1 aliphatic rings. The van der Waals surface area contributed by atoms with Crippen LogP contribution in [-0.4, -0.2) is 55.2 Å². The third-order valence-electron chi connectivity index (χ3n) is 5.78. The zero-order valence-electron chi connectivity index (χ0n) is 18.0. The number of nitrogens with zero attached hydrogens (tertiary/aromatic N) is 3. The standard InChI is InChI=1S/C24H22ClN3O4S/c1-15-6-7-18(25)21-20(15)26-24(33-21)28(9-8-27-10-12-31-13-11-27)22(29)17-14-16-4-2-3-5-19(16)32-23(17)30/h2-7,14H,8-13H2,1H3. The second-order valence-electron chi connectivity index (χ2n) is 7.93. The van der Waals surface area contributed by atoms with Gasteiger partial charge in [0, 0.05) is 31.6 Å². The van der Waals surface area contributed by atoms with E-state index < -0.39 is 11.5 Å². The average Bonchev–Trinajstić information content (AvgIpc) is 3.28. The number of thiazole rings is 1. The summed E-state index contributed by atoms with van der Waals surface area (Å²) in [5, 5.41) is 1.79. The van der Waals surface area contributed by atoms with Crippen LogP contribution >= 0.6 is 22.9 Å². The maximum Gasteiger partial charge on any atom is 0.349 e. The maximum atomic E-state index is 13.7. The van der Waals surface area contributed by atoms with Crippen LogP contribution in [0.5, 0.6) is 0 Å². The van der Waals surface area contributed by atoms with Crippen LogP contribution in [0.4, 0.5) is 5.13 Å². The Labute approximate surface area is 199 Å². The molecule has 2 aromatic carbocycles. The van der Waals surface area contributed by atoms with Gasteiger partial charge in [0.25, 0.3) is 5.91 Å². The fraction of sp³-hybridized carbons (Fsp3) is 0.292. The van der Waals surface area contributed by atoms with Gasteiger partial charge in [-0.3, -0.25) is 14.6 Å². The molecular formula is C24H22ClN3O4S. The van der Waals surface area contributed by atoms with Gasteiger partial charge in [-0.15, -0.1) is 0 Å². The minimum atomic E-state index is -0.662. The zero-order valence-corrected chi connectivity index (χ0v) is 19.6. The highest BCUT2D eigenvalue weighted by Crippen LogP contribution is 2.36. The van der Waals surface area contributed by atoms with Crippen LogP contribution in [0.2, 0.25) is 5.02 Å². The van der Waals surface area contributed by atoms with Gasteiger partial charge in [0.15, 0.2) is 5.13 Å². The number of fused-ring (bicyclic) bond motifs is 2. The predicted molar refractivity (Wildman–Crippen MR) is 131 cm³/mol. The monoisotopic (exact) mass is 483 g/mol. The minimum absolute atomic E-state index is 0.0160. The Kier molecular flexibility index (Phi) is 6.16. The highest BCUT2D eigenvalue weighted by Gasteiger charge is 2.26. The Balaban J connectivity index is 1.55. The van der Waals surface area contributed by atoms with E-state index in [1.54, 1.807) is 23.1 Å². The number of halogens is 1. The highest BCUT2D eigenvalue weighted by molar-refractivity contribution is 7.23. The molecule has 0 atom stereocenters. The molecule has 3 heterocycles. The molecule has 0 unspecified atom stereocenters. The van der Waals surface area contributed by atoms with E-state index in [1.807, 2.05) is 31.2 Å². The molecule has 7 nitrogen and oxygen atoms in total. The summed E-state index contributed by atoms with van der Waals surface area (Å²) >= 11 is 7.76. The highest BCUT2D eigenvalue weighted by atomic mass is 35.5. The van der Waals surface area contributed by atoms with Gasteiger partial charge in [-0.2, -0.15) is 0 Å². The lowest BCUT2D eigenvalue weighted by atomic mass is 10.1. The van der Waals surface area contributed by atoms with Crippen molar-refractivity contribution in [2.24, 2.45) is 0 Å². The lowest BCUT2D eigenvalue weighted by Gasteiger charge is -2.29. The number of rotatable bonds is 5. The van der Waals surface area contributed by atoms with E-state index >= 15 is 0 Å². The van der Waals surface area contributed by atoms with E-state index in [0.29, 0.717) is 47.4 Å². The summed E-state index contributed by atoms with van der Waals surface area (Å²) in [5.74, 6) is -0.435. The van der Waals surface area contributed by atoms with Crippen LogP contribution in [0.3, 0.4) is 0 Å². The molecule has 5 rings (SSSR count). The van der Waals surface area contributed by atoms with Gasteiger partial charge in [0.2, 0.25) is 0 Å². The fourth-order valence-electron chi connectivity index (χ4n) is 3.91. The molecule has 0 spiro atoms. The van der Waals surface area contributed by atoms with Crippen molar-refractivity contribution in [2.75, 3.05) is 44.3 Å². The van der Waals surface area contributed by atoms with E-state index in [1.165, 1.54) is 11.3 Å². The summed E-state index contributed by atoms with van der Waals surface area (Å²) in [4.78, 5) is 34.9. The Morgan fingerprint density at radius 2 is 2.00 bits per heavy atom. The Hall–Kier alpha value is -2.78. The smallest absolute Gasteiger partial charge is 0.349 e. The lowest BCUT2D eigenvalue weighted by molar-refractivity contribution is 0.0391. The van der Waals surface area contributed by atoms with Gasteiger partial charge in [0.1, 0.15) is 11.1 Å². The number of aromatic nitrogens is 1. The van der Waals surface area contributed by atoms with Crippen LogP contribution in [0, 0.1) is 6.92 Å². The number of hydrogen-bond acceptors (Lipinski definition) is 7. The summed E-state index contributed by atoms with van der Waals surface area (Å²) in [6.45, 7) is 5.89. The molecule has 0 bridgehead atoms. The van der Waals surface area contributed by atoms with E-state index in [2.05, 4.69) is 4.90 Å². The molecule has 4 aromatic rings. The molecule has 9 heteroatoms. The third-order valence-corrected chi connectivity index (χ3v) is 7.32. The first-order valence-corrected chi connectivity index (χ1v) is 11.9. The molecule has 1 amide bonds. The number of carbonyl (C=O) groups is 1.